The van der Waals surface area contributed by atoms with Crippen molar-refractivity contribution in [2.45, 2.75) is 19.4 Å². The van der Waals surface area contributed by atoms with Crippen LogP contribution in [0.3, 0.4) is 0 Å². The Morgan fingerprint density at radius 3 is 2.44 bits per heavy atom. The molecule has 0 aromatic heterocycles. The molecular weight excluding hydrogens is 268 g/mol. The first-order chi connectivity index (χ1) is 7.54. The molecule has 1 aromatic carbocycles. The van der Waals surface area contributed by atoms with Gasteiger partial charge in [0.2, 0.25) is 5.91 Å². The highest BCUT2D eigenvalue weighted by atomic mass is 79.9. The maximum Gasteiger partial charge on any atom is 0.231 e. The summed E-state index contributed by atoms with van der Waals surface area (Å²) in [6.45, 7) is 2.39. The average Bonchev–Trinajstić information content (AvgIpc) is 2.21. The maximum atomic E-state index is 10.9. The van der Waals surface area contributed by atoms with Gasteiger partial charge in [0.05, 0.1) is 6.54 Å². The van der Waals surface area contributed by atoms with Gasteiger partial charge in [-0.1, -0.05) is 35.0 Å². The van der Waals surface area contributed by atoms with Crippen molar-refractivity contribution in [1.82, 2.24) is 4.90 Å². The zero-order chi connectivity index (χ0) is 12.1. The topological polar surface area (TPSA) is 46.3 Å². The first kappa shape index (κ1) is 13.2. The van der Waals surface area contributed by atoms with E-state index in [0.717, 1.165) is 10.9 Å². The fourth-order valence-corrected chi connectivity index (χ4v) is 2.11. The van der Waals surface area contributed by atoms with Crippen molar-refractivity contribution in [2.75, 3.05) is 13.6 Å². The largest absolute Gasteiger partial charge is 0.369 e. The second kappa shape index (κ2) is 6.01. The van der Waals surface area contributed by atoms with E-state index in [1.54, 1.807) is 0 Å². The molecule has 0 aliphatic rings. The molecule has 0 heterocycles. The average molecular weight is 285 g/mol. The fraction of sp³-hybridized carbons (Fsp3) is 0.417. The smallest absolute Gasteiger partial charge is 0.231 e. The van der Waals surface area contributed by atoms with E-state index in [1.165, 1.54) is 5.56 Å². The highest BCUT2D eigenvalue weighted by molar-refractivity contribution is 9.10. The molecule has 1 atom stereocenters. The van der Waals surface area contributed by atoms with Crippen LogP contribution < -0.4 is 5.73 Å². The van der Waals surface area contributed by atoms with Crippen molar-refractivity contribution in [2.24, 2.45) is 5.73 Å². The van der Waals surface area contributed by atoms with Gasteiger partial charge in [-0.05, 0) is 31.2 Å². The lowest BCUT2D eigenvalue weighted by molar-refractivity contribution is -0.119. The van der Waals surface area contributed by atoms with Gasteiger partial charge in [0.25, 0.3) is 0 Å². The number of hydrogen-bond donors (Lipinski definition) is 1. The Hall–Kier alpha value is -0.870. The minimum absolute atomic E-state index is 0.237. The number of halogens is 1. The first-order valence-corrected chi connectivity index (χ1v) is 6.08. The summed E-state index contributed by atoms with van der Waals surface area (Å²) in [5, 5.41) is 0. The third kappa shape index (κ3) is 3.61. The van der Waals surface area contributed by atoms with Crippen LogP contribution in [0.1, 0.15) is 24.9 Å². The number of rotatable bonds is 5. The van der Waals surface area contributed by atoms with Crippen LogP contribution in [0.15, 0.2) is 28.7 Å². The molecule has 0 bridgehead atoms. The van der Waals surface area contributed by atoms with E-state index >= 15 is 0 Å². The van der Waals surface area contributed by atoms with Crippen LogP contribution >= 0.6 is 15.9 Å². The first-order valence-electron chi connectivity index (χ1n) is 5.28. The Labute approximate surface area is 105 Å². The molecule has 0 aliphatic carbocycles. The Morgan fingerprint density at radius 1 is 1.44 bits per heavy atom. The van der Waals surface area contributed by atoms with Crippen LogP contribution in [0.2, 0.25) is 0 Å². The van der Waals surface area contributed by atoms with Gasteiger partial charge in [-0.25, -0.2) is 0 Å². The molecule has 0 saturated carbocycles. The van der Waals surface area contributed by atoms with E-state index in [4.69, 9.17) is 5.73 Å². The van der Waals surface area contributed by atoms with Crippen LogP contribution in [-0.4, -0.2) is 24.4 Å². The minimum Gasteiger partial charge on any atom is -0.369 e. The van der Waals surface area contributed by atoms with Crippen LogP contribution in [0.4, 0.5) is 0 Å². The number of primary amides is 1. The molecule has 0 radical (unpaired) electrons. The standard InChI is InChI=1S/C12H17BrN2O/c1-3-11(15(2)8-12(14)16)9-4-6-10(13)7-5-9/h4-7,11H,3,8H2,1-2H3,(H2,14,16)/t11-/m1/s1. The molecular formula is C12H17BrN2O. The van der Waals surface area contributed by atoms with Crippen LogP contribution in [-0.2, 0) is 4.79 Å². The summed E-state index contributed by atoms with van der Waals surface area (Å²) in [5.41, 5.74) is 6.40. The number of nitrogens with zero attached hydrogens (tertiary/aromatic N) is 1. The predicted molar refractivity (Wildman–Crippen MR) is 69.0 cm³/mol. The third-order valence-electron chi connectivity index (χ3n) is 2.58. The number of amides is 1. The molecule has 1 rings (SSSR count). The Morgan fingerprint density at radius 2 is 2.00 bits per heavy atom. The van der Waals surface area contributed by atoms with E-state index in [0.29, 0.717) is 0 Å². The lowest BCUT2D eigenvalue weighted by atomic mass is 10.0. The van der Waals surface area contributed by atoms with Crippen LogP contribution in [0.25, 0.3) is 0 Å². The summed E-state index contributed by atoms with van der Waals surface area (Å²) in [7, 11) is 1.92. The second-order valence-electron chi connectivity index (χ2n) is 3.86. The third-order valence-corrected chi connectivity index (χ3v) is 3.11. The maximum absolute atomic E-state index is 10.9. The van der Waals surface area contributed by atoms with Gasteiger partial charge in [-0.3, -0.25) is 9.69 Å². The quantitative estimate of drug-likeness (QED) is 0.902. The molecule has 1 aromatic rings. The SMILES string of the molecule is CC[C@H](c1ccc(Br)cc1)N(C)CC(N)=O. The van der Waals surface area contributed by atoms with Crippen molar-refractivity contribution in [1.29, 1.82) is 0 Å². The normalized spacial score (nSPS) is 12.8. The molecule has 4 heteroatoms. The molecule has 0 aliphatic heterocycles. The number of nitrogens with two attached hydrogens (primary N) is 1. The van der Waals surface area contributed by atoms with Crippen LogP contribution in [0.5, 0.6) is 0 Å². The van der Waals surface area contributed by atoms with Crippen molar-refractivity contribution in [3.8, 4) is 0 Å². The Balaban J connectivity index is 2.81. The summed E-state index contributed by atoms with van der Waals surface area (Å²) in [5.74, 6) is -0.293. The summed E-state index contributed by atoms with van der Waals surface area (Å²) in [4.78, 5) is 12.9. The van der Waals surface area contributed by atoms with Crippen molar-refractivity contribution < 1.29 is 4.79 Å². The van der Waals surface area contributed by atoms with E-state index < -0.39 is 0 Å². The zero-order valence-corrected chi connectivity index (χ0v) is 11.2. The molecule has 16 heavy (non-hydrogen) atoms. The van der Waals surface area contributed by atoms with Gasteiger partial charge in [-0.15, -0.1) is 0 Å². The van der Waals surface area contributed by atoms with Gasteiger partial charge < -0.3 is 5.73 Å². The molecule has 0 spiro atoms. The van der Waals surface area contributed by atoms with Gasteiger partial charge in [0, 0.05) is 10.5 Å². The molecule has 88 valence electrons. The Bertz CT molecular complexity index is 351. The summed E-state index contributed by atoms with van der Waals surface area (Å²) >= 11 is 3.41. The van der Waals surface area contributed by atoms with E-state index in [1.807, 2.05) is 24.1 Å². The fourth-order valence-electron chi connectivity index (χ4n) is 1.84. The minimum atomic E-state index is -0.293. The van der Waals surface area contributed by atoms with E-state index in [9.17, 15) is 4.79 Å². The molecule has 1 amide bonds. The van der Waals surface area contributed by atoms with Crippen molar-refractivity contribution in [3.63, 3.8) is 0 Å². The number of likely N-dealkylation sites (N-methyl/N-ethyl adjacent to an activating group) is 1. The summed E-state index contributed by atoms with van der Waals surface area (Å²) in [6.07, 6.45) is 0.950. The predicted octanol–water partition coefficient (Wildman–Crippen LogP) is 2.32. The van der Waals surface area contributed by atoms with Gasteiger partial charge in [0.1, 0.15) is 0 Å². The highest BCUT2D eigenvalue weighted by Gasteiger charge is 2.16. The number of carbonyl (C=O) groups excluding carboxylic acids is 1. The molecule has 2 N–H and O–H groups in total. The summed E-state index contributed by atoms with van der Waals surface area (Å²) < 4.78 is 1.06. The molecule has 0 unspecified atom stereocenters. The van der Waals surface area contributed by atoms with Crippen molar-refractivity contribution >= 4 is 21.8 Å². The van der Waals surface area contributed by atoms with Crippen molar-refractivity contribution in [3.05, 3.63) is 34.3 Å². The zero-order valence-electron chi connectivity index (χ0n) is 9.61. The van der Waals surface area contributed by atoms with E-state index in [-0.39, 0.29) is 18.5 Å². The lowest BCUT2D eigenvalue weighted by Gasteiger charge is -2.26. The van der Waals surface area contributed by atoms with E-state index in [2.05, 4.69) is 35.0 Å². The monoisotopic (exact) mass is 284 g/mol. The van der Waals surface area contributed by atoms with Crippen LogP contribution in [0, 0.1) is 0 Å². The molecule has 3 nitrogen and oxygen atoms in total. The number of hydrogen-bond acceptors (Lipinski definition) is 2. The lowest BCUT2D eigenvalue weighted by Crippen LogP contribution is -2.33. The van der Waals surface area contributed by atoms with Gasteiger partial charge in [-0.2, -0.15) is 0 Å². The van der Waals surface area contributed by atoms with Gasteiger partial charge >= 0.3 is 0 Å². The molecule has 0 saturated heterocycles. The highest BCUT2D eigenvalue weighted by Crippen LogP contribution is 2.23. The number of benzene rings is 1. The number of carbonyl (C=O) groups is 1. The summed E-state index contributed by atoms with van der Waals surface area (Å²) in [6, 6.07) is 8.39. The second-order valence-corrected chi connectivity index (χ2v) is 4.77. The Kier molecular flexibility index (Phi) is 4.96. The van der Waals surface area contributed by atoms with Gasteiger partial charge in [0.15, 0.2) is 0 Å². The molecule has 0 fully saturated rings.